The number of carbonyl (C=O) groups excluding carboxylic acids is 1. The van der Waals surface area contributed by atoms with Crippen LogP contribution in [0.2, 0.25) is 0 Å². The number of carbonyl (C=O) groups is 1. The lowest BCUT2D eigenvalue weighted by Gasteiger charge is -2.30. The number of rotatable bonds is 6. The minimum Gasteiger partial charge on any atom is -0.496 e. The Balaban J connectivity index is 1.71. The number of nitro groups is 1. The zero-order valence-corrected chi connectivity index (χ0v) is 15.5. The largest absolute Gasteiger partial charge is 0.496 e. The highest BCUT2D eigenvalue weighted by atomic mass is 16.6. The van der Waals surface area contributed by atoms with Crippen LogP contribution in [-0.4, -0.2) is 31.5 Å². The second-order valence-electron chi connectivity index (χ2n) is 6.86. The zero-order chi connectivity index (χ0) is 19.4. The van der Waals surface area contributed by atoms with Crippen LogP contribution in [0.1, 0.15) is 30.0 Å². The van der Waals surface area contributed by atoms with E-state index in [1.165, 1.54) is 30.4 Å². The van der Waals surface area contributed by atoms with Crippen molar-refractivity contribution < 1.29 is 19.4 Å². The fourth-order valence-corrected chi connectivity index (χ4v) is 3.73. The number of nitro benzene ring substituents is 1. The summed E-state index contributed by atoms with van der Waals surface area (Å²) >= 11 is 0. The first-order valence-electron chi connectivity index (χ1n) is 9.02. The first kappa shape index (κ1) is 18.8. The second-order valence-corrected chi connectivity index (χ2v) is 6.86. The number of hydrogen-bond donors (Lipinski definition) is 2. The van der Waals surface area contributed by atoms with E-state index >= 15 is 0 Å². The molecule has 0 fully saturated rings. The molecule has 0 radical (unpaired) electrons. The molecule has 7 heteroatoms. The lowest BCUT2D eigenvalue weighted by atomic mass is 9.87. The Labute approximate surface area is 158 Å². The summed E-state index contributed by atoms with van der Waals surface area (Å²) in [5, 5.41) is 14.0. The SMILES string of the molecule is COc1ccc(NC(=O)C[NH+](C)[C@@H]2CCCc3ccccc32)c([N+](=O)[O-])c1. The van der Waals surface area contributed by atoms with Crippen LogP contribution < -0.4 is 15.0 Å². The highest BCUT2D eigenvalue weighted by molar-refractivity contribution is 5.93. The van der Waals surface area contributed by atoms with Gasteiger partial charge >= 0.3 is 0 Å². The van der Waals surface area contributed by atoms with Crippen molar-refractivity contribution in [3.8, 4) is 5.75 Å². The van der Waals surface area contributed by atoms with Crippen LogP contribution in [0.15, 0.2) is 42.5 Å². The van der Waals surface area contributed by atoms with Crippen molar-refractivity contribution in [3.63, 3.8) is 0 Å². The zero-order valence-electron chi connectivity index (χ0n) is 15.5. The molecule has 27 heavy (non-hydrogen) atoms. The summed E-state index contributed by atoms with van der Waals surface area (Å²) in [4.78, 5) is 24.4. The Bertz CT molecular complexity index is 853. The number of anilines is 1. The summed E-state index contributed by atoms with van der Waals surface area (Å²) in [6.45, 7) is 0.238. The number of aryl methyl sites for hydroxylation is 1. The van der Waals surface area contributed by atoms with Gasteiger partial charge in [0, 0.05) is 12.0 Å². The van der Waals surface area contributed by atoms with Gasteiger partial charge in [0.1, 0.15) is 17.5 Å². The molecule has 0 aromatic heterocycles. The lowest BCUT2D eigenvalue weighted by molar-refractivity contribution is -0.905. The third kappa shape index (κ3) is 4.25. The van der Waals surface area contributed by atoms with Crippen LogP contribution in [0.25, 0.3) is 0 Å². The van der Waals surface area contributed by atoms with Gasteiger partial charge in [0.15, 0.2) is 6.54 Å². The van der Waals surface area contributed by atoms with Crippen LogP contribution in [0.3, 0.4) is 0 Å². The van der Waals surface area contributed by atoms with Crippen LogP contribution >= 0.6 is 0 Å². The van der Waals surface area contributed by atoms with Crippen molar-refractivity contribution >= 4 is 17.3 Å². The standard InChI is InChI=1S/C20H23N3O4/c1-22(18-9-5-7-14-6-3-4-8-16(14)18)13-20(24)21-17-11-10-15(27-2)12-19(17)23(25)26/h3-4,6,8,10-12,18H,5,7,9,13H2,1-2H3,(H,21,24)/p+1/t18-/m1/s1. The fourth-order valence-electron chi connectivity index (χ4n) is 3.73. The molecule has 0 bridgehead atoms. The van der Waals surface area contributed by atoms with Gasteiger partial charge in [0.2, 0.25) is 0 Å². The van der Waals surface area contributed by atoms with E-state index in [0.717, 1.165) is 24.2 Å². The third-order valence-corrected chi connectivity index (χ3v) is 5.08. The van der Waals surface area contributed by atoms with Crippen LogP contribution in [0.4, 0.5) is 11.4 Å². The first-order valence-corrected chi connectivity index (χ1v) is 9.02. The highest BCUT2D eigenvalue weighted by Crippen LogP contribution is 2.29. The maximum atomic E-state index is 12.5. The van der Waals surface area contributed by atoms with Crippen LogP contribution in [-0.2, 0) is 11.2 Å². The van der Waals surface area contributed by atoms with Crippen molar-refractivity contribution in [3.05, 3.63) is 63.7 Å². The van der Waals surface area contributed by atoms with Crippen molar-refractivity contribution in [2.75, 3.05) is 26.0 Å². The van der Waals surface area contributed by atoms with E-state index in [1.54, 1.807) is 6.07 Å². The van der Waals surface area contributed by atoms with Gasteiger partial charge < -0.3 is 15.0 Å². The highest BCUT2D eigenvalue weighted by Gasteiger charge is 2.28. The predicted octanol–water partition coefficient (Wildman–Crippen LogP) is 2.13. The molecule has 3 rings (SSSR count). The van der Waals surface area contributed by atoms with Crippen molar-refractivity contribution in [2.45, 2.75) is 25.3 Å². The second kappa shape index (κ2) is 8.18. The van der Waals surface area contributed by atoms with Gasteiger partial charge in [-0.25, -0.2) is 0 Å². The van der Waals surface area contributed by atoms with Gasteiger partial charge in [0.05, 0.1) is 25.1 Å². The molecule has 142 valence electrons. The maximum Gasteiger partial charge on any atom is 0.296 e. The molecule has 1 aliphatic rings. The van der Waals surface area contributed by atoms with E-state index in [4.69, 9.17) is 4.74 Å². The normalized spacial score (nSPS) is 16.9. The van der Waals surface area contributed by atoms with Gasteiger partial charge in [0.25, 0.3) is 11.6 Å². The number of nitrogens with one attached hydrogen (secondary N) is 2. The third-order valence-electron chi connectivity index (χ3n) is 5.08. The number of ether oxygens (including phenoxy) is 1. The minimum atomic E-state index is -0.522. The Kier molecular flexibility index (Phi) is 5.71. The molecule has 0 aliphatic heterocycles. The molecule has 1 unspecified atom stereocenters. The van der Waals surface area contributed by atoms with Crippen molar-refractivity contribution in [1.29, 1.82) is 0 Å². The number of quaternary nitrogens is 1. The fraction of sp³-hybridized carbons (Fsp3) is 0.350. The molecule has 0 heterocycles. The summed E-state index contributed by atoms with van der Waals surface area (Å²) in [6, 6.07) is 13.0. The number of nitrogens with zero attached hydrogens (tertiary/aromatic N) is 1. The predicted molar refractivity (Wildman–Crippen MR) is 102 cm³/mol. The summed E-state index contributed by atoms with van der Waals surface area (Å²) < 4.78 is 5.02. The summed E-state index contributed by atoms with van der Waals surface area (Å²) in [5.74, 6) is 0.130. The van der Waals surface area contributed by atoms with Crippen molar-refractivity contribution in [1.82, 2.24) is 0 Å². The molecule has 1 amide bonds. The number of likely N-dealkylation sites (N-methyl/N-ethyl adjacent to an activating group) is 1. The van der Waals surface area contributed by atoms with Crippen LogP contribution in [0, 0.1) is 10.1 Å². The monoisotopic (exact) mass is 370 g/mol. The Morgan fingerprint density at radius 2 is 2.11 bits per heavy atom. The number of fused-ring (bicyclic) bond motifs is 1. The molecule has 2 aromatic carbocycles. The van der Waals surface area contributed by atoms with Gasteiger partial charge in [-0.1, -0.05) is 24.3 Å². The smallest absolute Gasteiger partial charge is 0.296 e. The van der Waals surface area contributed by atoms with Gasteiger partial charge in [-0.05, 0) is 30.5 Å². The van der Waals surface area contributed by atoms with Crippen molar-refractivity contribution in [2.24, 2.45) is 0 Å². The van der Waals surface area contributed by atoms with Gasteiger partial charge in [-0.15, -0.1) is 0 Å². The van der Waals surface area contributed by atoms with E-state index in [-0.39, 0.29) is 29.9 Å². The van der Waals surface area contributed by atoms with E-state index in [2.05, 4.69) is 17.4 Å². The Morgan fingerprint density at radius 1 is 1.33 bits per heavy atom. The number of benzene rings is 2. The molecule has 0 saturated heterocycles. The van der Waals surface area contributed by atoms with Crippen LogP contribution in [0.5, 0.6) is 5.75 Å². The molecular formula is C20H24N3O4+. The molecule has 1 aliphatic carbocycles. The number of hydrogen-bond acceptors (Lipinski definition) is 4. The maximum absolute atomic E-state index is 12.5. The van der Waals surface area contributed by atoms with E-state index in [9.17, 15) is 14.9 Å². The molecule has 0 spiro atoms. The Morgan fingerprint density at radius 3 is 2.85 bits per heavy atom. The molecule has 2 aromatic rings. The summed E-state index contributed by atoms with van der Waals surface area (Å²) in [7, 11) is 3.44. The Hall–Kier alpha value is -2.93. The van der Waals surface area contributed by atoms with E-state index < -0.39 is 4.92 Å². The summed E-state index contributed by atoms with van der Waals surface area (Å²) in [5.41, 5.74) is 2.65. The van der Waals surface area contributed by atoms with E-state index in [1.807, 2.05) is 19.2 Å². The molecule has 2 atom stereocenters. The molecular weight excluding hydrogens is 346 g/mol. The molecule has 2 N–H and O–H groups in total. The van der Waals surface area contributed by atoms with Gasteiger partial charge in [-0.2, -0.15) is 0 Å². The molecule has 7 nitrogen and oxygen atoms in total. The first-order chi connectivity index (χ1) is 13.0. The average molecular weight is 370 g/mol. The average Bonchev–Trinajstić information content (AvgIpc) is 2.67. The topological polar surface area (TPSA) is 85.9 Å². The number of amides is 1. The van der Waals surface area contributed by atoms with E-state index in [0.29, 0.717) is 5.75 Å². The minimum absolute atomic E-state index is 0.177. The molecule has 0 saturated carbocycles. The van der Waals surface area contributed by atoms with Gasteiger partial charge in [-0.3, -0.25) is 14.9 Å². The number of methoxy groups -OCH3 is 1. The lowest BCUT2D eigenvalue weighted by Crippen LogP contribution is -3.10. The summed E-state index contributed by atoms with van der Waals surface area (Å²) in [6.07, 6.45) is 3.20. The quantitative estimate of drug-likeness (QED) is 0.603.